The molecule has 0 fully saturated rings. The van der Waals surface area contributed by atoms with Crippen LogP contribution >= 0.6 is 11.6 Å². The van der Waals surface area contributed by atoms with Gasteiger partial charge >= 0.3 is 0 Å². The Hall–Kier alpha value is -3.58. The smallest absolute Gasteiger partial charge is 0.276 e. The van der Waals surface area contributed by atoms with Crippen LogP contribution in [0.15, 0.2) is 54.6 Å². The van der Waals surface area contributed by atoms with Crippen molar-refractivity contribution in [2.75, 3.05) is 19.5 Å². The molecule has 2 aromatic carbocycles. The first kappa shape index (κ1) is 19.7. The number of nitrogens with one attached hydrogen (secondary N) is 1. The molecule has 0 radical (unpaired) electrons. The standard InChI is InChI=1S/C22H19ClN4O3/c1-13-10-18(14-4-6-15(23)7-5-14)24-21-12-19(26-27(13)21)22(28)25-17-9-8-16(29-2)11-20(17)30-3/h4-12H,1-3H3,(H,25,28). The second-order valence-corrected chi connectivity index (χ2v) is 7.05. The number of amides is 1. The van der Waals surface area contributed by atoms with E-state index in [-0.39, 0.29) is 11.6 Å². The van der Waals surface area contributed by atoms with Gasteiger partial charge in [0.1, 0.15) is 11.5 Å². The maximum absolute atomic E-state index is 12.8. The Balaban J connectivity index is 1.66. The summed E-state index contributed by atoms with van der Waals surface area (Å²) in [6.07, 6.45) is 0. The fourth-order valence-electron chi connectivity index (χ4n) is 3.09. The minimum absolute atomic E-state index is 0.247. The number of ether oxygens (including phenoxy) is 2. The van der Waals surface area contributed by atoms with E-state index < -0.39 is 0 Å². The van der Waals surface area contributed by atoms with Crippen molar-refractivity contribution in [3.05, 3.63) is 71.0 Å². The zero-order chi connectivity index (χ0) is 21.3. The Morgan fingerprint density at radius 2 is 1.80 bits per heavy atom. The molecule has 0 aliphatic rings. The lowest BCUT2D eigenvalue weighted by Gasteiger charge is -2.10. The predicted octanol–water partition coefficient (Wildman–Crippen LogP) is 4.63. The van der Waals surface area contributed by atoms with E-state index in [2.05, 4.69) is 15.4 Å². The molecular weight excluding hydrogens is 404 g/mol. The van der Waals surface area contributed by atoms with E-state index in [4.69, 9.17) is 21.1 Å². The molecule has 1 N–H and O–H groups in total. The Bertz CT molecular complexity index is 1240. The van der Waals surface area contributed by atoms with Crippen LogP contribution < -0.4 is 14.8 Å². The van der Waals surface area contributed by atoms with E-state index in [0.29, 0.717) is 27.9 Å². The molecule has 0 atom stereocenters. The van der Waals surface area contributed by atoms with Gasteiger partial charge in [0.25, 0.3) is 5.91 Å². The van der Waals surface area contributed by atoms with Gasteiger partial charge in [0.15, 0.2) is 11.3 Å². The highest BCUT2D eigenvalue weighted by Crippen LogP contribution is 2.29. The van der Waals surface area contributed by atoms with E-state index in [1.807, 2.05) is 37.3 Å². The number of carbonyl (C=O) groups excluding carboxylic acids is 1. The molecule has 2 heterocycles. The number of rotatable bonds is 5. The molecule has 0 saturated heterocycles. The normalized spacial score (nSPS) is 10.8. The van der Waals surface area contributed by atoms with Crippen molar-refractivity contribution in [1.29, 1.82) is 0 Å². The lowest BCUT2D eigenvalue weighted by Crippen LogP contribution is -2.13. The summed E-state index contributed by atoms with van der Waals surface area (Å²) in [5.41, 5.74) is 3.90. The van der Waals surface area contributed by atoms with Gasteiger partial charge in [-0.05, 0) is 37.3 Å². The highest BCUT2D eigenvalue weighted by molar-refractivity contribution is 6.30. The SMILES string of the molecule is COc1ccc(NC(=O)c2cc3nc(-c4ccc(Cl)cc4)cc(C)n3n2)c(OC)c1. The Labute approximate surface area is 178 Å². The molecule has 8 heteroatoms. The van der Waals surface area contributed by atoms with Gasteiger partial charge in [-0.25, -0.2) is 9.50 Å². The van der Waals surface area contributed by atoms with Gasteiger partial charge in [-0.15, -0.1) is 0 Å². The number of nitrogens with zero attached hydrogens (tertiary/aromatic N) is 3. The number of benzene rings is 2. The van der Waals surface area contributed by atoms with Crippen molar-refractivity contribution >= 4 is 28.8 Å². The van der Waals surface area contributed by atoms with Crippen LogP contribution in [0.25, 0.3) is 16.9 Å². The van der Waals surface area contributed by atoms with E-state index in [1.54, 1.807) is 35.9 Å². The first-order chi connectivity index (χ1) is 14.5. The number of hydrogen-bond acceptors (Lipinski definition) is 5. The van der Waals surface area contributed by atoms with E-state index in [1.165, 1.54) is 7.11 Å². The molecule has 2 aromatic heterocycles. The van der Waals surface area contributed by atoms with E-state index >= 15 is 0 Å². The van der Waals surface area contributed by atoms with Crippen LogP contribution in [-0.2, 0) is 0 Å². The highest BCUT2D eigenvalue weighted by Gasteiger charge is 2.16. The van der Waals surface area contributed by atoms with Gasteiger partial charge in [-0.1, -0.05) is 23.7 Å². The van der Waals surface area contributed by atoms with E-state index in [0.717, 1.165) is 17.0 Å². The second-order valence-electron chi connectivity index (χ2n) is 6.61. The molecule has 152 valence electrons. The third-order valence-electron chi connectivity index (χ3n) is 4.63. The molecule has 4 aromatic rings. The molecular formula is C22H19ClN4O3. The summed E-state index contributed by atoms with van der Waals surface area (Å²) in [5, 5.41) is 7.89. The molecule has 30 heavy (non-hydrogen) atoms. The fraction of sp³-hybridized carbons (Fsp3) is 0.136. The van der Waals surface area contributed by atoms with Gasteiger partial charge in [-0.3, -0.25) is 4.79 Å². The Morgan fingerprint density at radius 1 is 1.03 bits per heavy atom. The monoisotopic (exact) mass is 422 g/mol. The van der Waals surface area contributed by atoms with Crippen LogP contribution in [0.3, 0.4) is 0 Å². The zero-order valence-corrected chi connectivity index (χ0v) is 17.4. The van der Waals surface area contributed by atoms with Gasteiger partial charge in [0.2, 0.25) is 0 Å². The van der Waals surface area contributed by atoms with Crippen molar-refractivity contribution < 1.29 is 14.3 Å². The highest BCUT2D eigenvalue weighted by atomic mass is 35.5. The average molecular weight is 423 g/mol. The number of hydrogen-bond donors (Lipinski definition) is 1. The van der Waals surface area contributed by atoms with Gasteiger partial charge < -0.3 is 14.8 Å². The lowest BCUT2D eigenvalue weighted by atomic mass is 10.1. The van der Waals surface area contributed by atoms with Gasteiger partial charge in [0.05, 0.1) is 25.6 Å². The molecule has 0 aliphatic carbocycles. The summed E-state index contributed by atoms with van der Waals surface area (Å²) in [6.45, 7) is 1.91. The third kappa shape index (κ3) is 3.79. The first-order valence-electron chi connectivity index (χ1n) is 9.15. The molecule has 0 bridgehead atoms. The first-order valence-corrected chi connectivity index (χ1v) is 9.53. The van der Waals surface area contributed by atoms with Crippen molar-refractivity contribution in [2.24, 2.45) is 0 Å². The summed E-state index contributed by atoms with van der Waals surface area (Å²) in [6, 6.07) is 16.2. The third-order valence-corrected chi connectivity index (χ3v) is 4.89. The number of carbonyl (C=O) groups is 1. The molecule has 0 spiro atoms. The number of methoxy groups -OCH3 is 2. The predicted molar refractivity (Wildman–Crippen MR) is 116 cm³/mol. The van der Waals surface area contributed by atoms with Gasteiger partial charge in [0, 0.05) is 28.4 Å². The van der Waals surface area contributed by atoms with Crippen molar-refractivity contribution in [3.63, 3.8) is 0 Å². The number of aromatic nitrogens is 3. The quantitative estimate of drug-likeness (QED) is 0.507. The Morgan fingerprint density at radius 3 is 2.50 bits per heavy atom. The van der Waals surface area contributed by atoms with Crippen LogP contribution in [-0.4, -0.2) is 34.7 Å². The molecule has 7 nitrogen and oxygen atoms in total. The van der Waals surface area contributed by atoms with E-state index in [9.17, 15) is 4.79 Å². The number of halogens is 1. The maximum Gasteiger partial charge on any atom is 0.276 e. The number of fused-ring (bicyclic) bond motifs is 1. The molecule has 0 unspecified atom stereocenters. The minimum Gasteiger partial charge on any atom is -0.497 e. The molecule has 0 aliphatic heterocycles. The van der Waals surface area contributed by atoms with Crippen molar-refractivity contribution in [2.45, 2.75) is 6.92 Å². The van der Waals surface area contributed by atoms with Crippen LogP contribution in [0.4, 0.5) is 5.69 Å². The van der Waals surface area contributed by atoms with Crippen molar-refractivity contribution in [3.8, 4) is 22.8 Å². The summed E-state index contributed by atoms with van der Waals surface area (Å²) in [5.74, 6) is 0.759. The fourth-order valence-corrected chi connectivity index (χ4v) is 3.22. The van der Waals surface area contributed by atoms with Crippen LogP contribution in [0.1, 0.15) is 16.2 Å². The summed E-state index contributed by atoms with van der Waals surface area (Å²) in [4.78, 5) is 17.4. The Kier molecular flexibility index (Phi) is 5.29. The summed E-state index contributed by atoms with van der Waals surface area (Å²) >= 11 is 5.97. The molecule has 4 rings (SSSR count). The van der Waals surface area contributed by atoms with Crippen LogP contribution in [0.2, 0.25) is 5.02 Å². The maximum atomic E-state index is 12.8. The van der Waals surface area contributed by atoms with Gasteiger partial charge in [-0.2, -0.15) is 5.10 Å². The summed E-state index contributed by atoms with van der Waals surface area (Å²) < 4.78 is 12.2. The summed E-state index contributed by atoms with van der Waals surface area (Å²) in [7, 11) is 3.10. The molecule has 1 amide bonds. The topological polar surface area (TPSA) is 77.8 Å². The van der Waals surface area contributed by atoms with Crippen LogP contribution in [0.5, 0.6) is 11.5 Å². The van der Waals surface area contributed by atoms with Crippen molar-refractivity contribution in [1.82, 2.24) is 14.6 Å². The molecule has 0 saturated carbocycles. The average Bonchev–Trinajstić information content (AvgIpc) is 3.19. The second kappa shape index (κ2) is 8.04. The van der Waals surface area contributed by atoms with Crippen LogP contribution in [0, 0.1) is 6.92 Å². The number of aryl methyl sites for hydroxylation is 1. The minimum atomic E-state index is -0.364. The number of anilines is 1. The largest absolute Gasteiger partial charge is 0.497 e. The lowest BCUT2D eigenvalue weighted by molar-refractivity contribution is 0.102. The zero-order valence-electron chi connectivity index (χ0n) is 16.6.